The van der Waals surface area contributed by atoms with Crippen molar-refractivity contribution in [2.24, 2.45) is 0 Å². The van der Waals surface area contributed by atoms with Crippen molar-refractivity contribution in [3.63, 3.8) is 0 Å². The molecule has 1 unspecified atom stereocenters. The average Bonchev–Trinajstić information content (AvgIpc) is 2.90. The third-order valence-electron chi connectivity index (χ3n) is 6.57. The number of aromatic nitrogens is 1. The Morgan fingerprint density at radius 2 is 1.74 bits per heavy atom. The van der Waals surface area contributed by atoms with E-state index in [9.17, 15) is 15.0 Å². The van der Waals surface area contributed by atoms with Gasteiger partial charge in [0.05, 0.1) is 30.1 Å². The molecule has 4 rings (SSSR count). The summed E-state index contributed by atoms with van der Waals surface area (Å²) >= 11 is 6.09. The maximum atomic E-state index is 11.3. The zero-order valence-electron chi connectivity index (χ0n) is 21.8. The van der Waals surface area contributed by atoms with E-state index in [0.717, 1.165) is 17.5 Å². The Morgan fingerprint density at radius 3 is 2.47 bits per heavy atom. The van der Waals surface area contributed by atoms with Gasteiger partial charge in [-0.15, -0.1) is 0 Å². The van der Waals surface area contributed by atoms with E-state index in [1.807, 2.05) is 43.3 Å². The third-order valence-corrected chi connectivity index (χ3v) is 6.86. The molecule has 3 N–H and O–H groups in total. The quantitative estimate of drug-likeness (QED) is 0.196. The van der Waals surface area contributed by atoms with E-state index < -0.39 is 12.1 Å². The highest BCUT2D eigenvalue weighted by atomic mass is 35.5. The molecular formula is C31H33ClN2O4. The van der Waals surface area contributed by atoms with Crippen LogP contribution in [0.25, 0.3) is 22.0 Å². The van der Waals surface area contributed by atoms with Crippen LogP contribution < -0.4 is 5.32 Å². The summed E-state index contributed by atoms with van der Waals surface area (Å²) in [6.07, 6.45) is -0.195. The fraction of sp³-hybridized carbons (Fsp3) is 0.290. The molecule has 0 radical (unpaired) electrons. The first kappa shape index (κ1) is 27.7. The summed E-state index contributed by atoms with van der Waals surface area (Å²) in [6, 6.07) is 25.5. The SMILES string of the molecule is CC(OC[C@@H](O)CNC(C)(C)Cc1ccc2ccccc2c1)c1ccccc1-c1ccc(C(=O)O)c(Cl)n1. The van der Waals surface area contributed by atoms with Crippen LogP contribution in [0.1, 0.15) is 48.4 Å². The molecule has 0 amide bonds. The molecule has 38 heavy (non-hydrogen) atoms. The molecule has 3 aromatic carbocycles. The molecule has 7 heteroatoms. The number of aromatic carboxylic acids is 1. The maximum Gasteiger partial charge on any atom is 0.338 e. The predicted octanol–water partition coefficient (Wildman–Crippen LogP) is 6.30. The normalized spacial score (nSPS) is 13.4. The van der Waals surface area contributed by atoms with Gasteiger partial charge in [-0.2, -0.15) is 0 Å². The van der Waals surface area contributed by atoms with Crippen molar-refractivity contribution in [3.05, 3.63) is 101 Å². The van der Waals surface area contributed by atoms with Gasteiger partial charge in [-0.25, -0.2) is 9.78 Å². The van der Waals surface area contributed by atoms with Crippen LogP contribution in [-0.2, 0) is 11.2 Å². The summed E-state index contributed by atoms with van der Waals surface area (Å²) in [5.74, 6) is -1.12. The van der Waals surface area contributed by atoms with Crippen molar-refractivity contribution in [1.29, 1.82) is 0 Å². The number of β-amino-alcohol motifs (C(OH)–C–C–N with tert-alkyl or cyclic N) is 1. The number of carbonyl (C=O) groups is 1. The van der Waals surface area contributed by atoms with Gasteiger partial charge in [0, 0.05) is 17.6 Å². The number of aliphatic hydroxyl groups excluding tert-OH is 1. The number of rotatable bonds is 11. The number of benzene rings is 3. The highest BCUT2D eigenvalue weighted by molar-refractivity contribution is 6.32. The van der Waals surface area contributed by atoms with E-state index in [1.165, 1.54) is 22.4 Å². The average molecular weight is 533 g/mol. The van der Waals surface area contributed by atoms with Crippen LogP contribution >= 0.6 is 11.6 Å². The number of nitrogens with zero attached hydrogens (tertiary/aromatic N) is 1. The fourth-order valence-corrected chi connectivity index (χ4v) is 4.78. The Balaban J connectivity index is 1.34. The van der Waals surface area contributed by atoms with E-state index in [-0.39, 0.29) is 29.0 Å². The topological polar surface area (TPSA) is 91.7 Å². The maximum absolute atomic E-state index is 11.3. The Kier molecular flexibility index (Phi) is 8.80. The lowest BCUT2D eigenvalue weighted by atomic mass is 9.93. The second-order valence-electron chi connectivity index (χ2n) is 10.2. The highest BCUT2D eigenvalue weighted by Crippen LogP contribution is 2.30. The number of fused-ring (bicyclic) bond motifs is 1. The molecule has 0 aliphatic carbocycles. The molecule has 198 valence electrons. The molecule has 0 saturated carbocycles. The minimum Gasteiger partial charge on any atom is -0.478 e. The molecule has 0 fully saturated rings. The van der Waals surface area contributed by atoms with Gasteiger partial charge >= 0.3 is 5.97 Å². The standard InChI is InChI=1S/C31H33ClN2O4/c1-20(25-10-6-7-11-26(25)28-15-14-27(30(36)37)29(32)34-28)38-19-24(35)18-33-31(2,3)17-21-12-13-22-8-4-5-9-23(22)16-21/h4-16,20,24,33,35H,17-19H2,1-3H3,(H,36,37)/t20?,24-/m0/s1. The second-order valence-corrected chi connectivity index (χ2v) is 10.5. The monoisotopic (exact) mass is 532 g/mol. The van der Waals surface area contributed by atoms with Gasteiger partial charge in [-0.05, 0) is 61.2 Å². The van der Waals surface area contributed by atoms with Gasteiger partial charge in [0.15, 0.2) is 0 Å². The summed E-state index contributed by atoms with van der Waals surface area (Å²) in [7, 11) is 0. The number of hydrogen-bond donors (Lipinski definition) is 3. The first-order valence-electron chi connectivity index (χ1n) is 12.6. The summed E-state index contributed by atoms with van der Waals surface area (Å²) in [5, 5.41) is 25.7. The predicted molar refractivity (Wildman–Crippen MR) is 152 cm³/mol. The third kappa shape index (κ3) is 6.97. The number of carboxylic acid groups (broad SMARTS) is 1. The van der Waals surface area contributed by atoms with E-state index in [0.29, 0.717) is 12.2 Å². The van der Waals surface area contributed by atoms with Gasteiger partial charge in [0.25, 0.3) is 0 Å². The molecule has 0 spiro atoms. The smallest absolute Gasteiger partial charge is 0.338 e. The van der Waals surface area contributed by atoms with Gasteiger partial charge < -0.3 is 20.3 Å². The van der Waals surface area contributed by atoms with Gasteiger partial charge in [-0.3, -0.25) is 0 Å². The number of carboxylic acids is 1. The van der Waals surface area contributed by atoms with Crippen molar-refractivity contribution in [1.82, 2.24) is 10.3 Å². The number of ether oxygens (including phenoxy) is 1. The summed E-state index contributed by atoms with van der Waals surface area (Å²) in [5.41, 5.74) is 3.20. The van der Waals surface area contributed by atoms with Crippen LogP contribution in [-0.4, -0.2) is 46.0 Å². The number of halogens is 1. The Bertz CT molecular complexity index is 1420. The molecular weight excluding hydrogens is 500 g/mol. The molecule has 6 nitrogen and oxygen atoms in total. The molecule has 0 saturated heterocycles. The number of aliphatic hydroxyl groups is 1. The van der Waals surface area contributed by atoms with Crippen LogP contribution in [0.2, 0.25) is 5.15 Å². The number of hydrogen-bond acceptors (Lipinski definition) is 5. The van der Waals surface area contributed by atoms with Crippen LogP contribution in [0.4, 0.5) is 0 Å². The summed E-state index contributed by atoms with van der Waals surface area (Å²) in [4.78, 5) is 15.6. The fourth-order valence-electron chi connectivity index (χ4n) is 4.55. The first-order chi connectivity index (χ1) is 18.1. The molecule has 2 atom stereocenters. The number of nitrogens with one attached hydrogen (secondary N) is 1. The van der Waals surface area contributed by atoms with Crippen molar-refractivity contribution >= 4 is 28.3 Å². The van der Waals surface area contributed by atoms with Gasteiger partial charge in [0.2, 0.25) is 0 Å². The molecule has 1 heterocycles. The van der Waals surface area contributed by atoms with Crippen molar-refractivity contribution in [2.75, 3.05) is 13.2 Å². The second kappa shape index (κ2) is 12.0. The van der Waals surface area contributed by atoms with Crippen LogP contribution in [0.5, 0.6) is 0 Å². The van der Waals surface area contributed by atoms with Crippen molar-refractivity contribution in [2.45, 2.75) is 44.9 Å². The van der Waals surface area contributed by atoms with Crippen LogP contribution in [0.15, 0.2) is 78.9 Å². The first-order valence-corrected chi connectivity index (χ1v) is 13.0. The van der Waals surface area contributed by atoms with Gasteiger partial charge in [0.1, 0.15) is 5.15 Å². The minimum absolute atomic E-state index is 0.0450. The Hall–Kier alpha value is -3.29. The van der Waals surface area contributed by atoms with E-state index in [4.69, 9.17) is 16.3 Å². The lowest BCUT2D eigenvalue weighted by Gasteiger charge is -2.28. The lowest BCUT2D eigenvalue weighted by Crippen LogP contribution is -2.46. The largest absolute Gasteiger partial charge is 0.478 e. The zero-order valence-corrected chi connectivity index (χ0v) is 22.6. The molecule has 4 aromatic rings. The molecule has 0 aliphatic heterocycles. The van der Waals surface area contributed by atoms with E-state index in [2.05, 4.69) is 54.5 Å². The van der Waals surface area contributed by atoms with E-state index in [1.54, 1.807) is 6.07 Å². The lowest BCUT2D eigenvalue weighted by molar-refractivity contribution is -0.00397. The zero-order chi connectivity index (χ0) is 27.3. The molecule has 1 aromatic heterocycles. The van der Waals surface area contributed by atoms with Crippen LogP contribution in [0.3, 0.4) is 0 Å². The van der Waals surface area contributed by atoms with E-state index >= 15 is 0 Å². The van der Waals surface area contributed by atoms with Crippen molar-refractivity contribution < 1.29 is 19.7 Å². The highest BCUT2D eigenvalue weighted by Gasteiger charge is 2.21. The Morgan fingerprint density at radius 1 is 1.03 bits per heavy atom. The Labute approximate surface area is 228 Å². The van der Waals surface area contributed by atoms with Gasteiger partial charge in [-0.1, -0.05) is 78.3 Å². The summed E-state index contributed by atoms with van der Waals surface area (Å²) in [6.45, 7) is 6.71. The molecule has 0 aliphatic rings. The number of pyridine rings is 1. The van der Waals surface area contributed by atoms with Crippen LogP contribution in [0, 0.1) is 0 Å². The van der Waals surface area contributed by atoms with Crippen molar-refractivity contribution in [3.8, 4) is 11.3 Å². The summed E-state index contributed by atoms with van der Waals surface area (Å²) < 4.78 is 6.03. The minimum atomic E-state index is -1.12. The molecule has 0 bridgehead atoms.